The van der Waals surface area contributed by atoms with Crippen LogP contribution in [0.5, 0.6) is 0 Å². The largest absolute Gasteiger partial charge is 0.356 e. The van der Waals surface area contributed by atoms with Crippen LogP contribution in [0.15, 0.2) is 41.5 Å². The van der Waals surface area contributed by atoms with Crippen molar-refractivity contribution in [3.8, 4) is 11.3 Å². The molecule has 0 spiro atoms. The number of aromatic nitrogens is 5. The molecule has 0 N–H and O–H groups in total. The quantitative estimate of drug-likeness (QED) is 0.668. The first-order valence-electron chi connectivity index (χ1n) is 10.8. The number of nitrogens with zero attached hydrogens (tertiary/aromatic N) is 6. The Morgan fingerprint density at radius 3 is 2.63 bits per heavy atom. The number of hydrogen-bond donors (Lipinski definition) is 0. The van der Waals surface area contributed by atoms with Crippen molar-refractivity contribution in [3.63, 3.8) is 0 Å². The summed E-state index contributed by atoms with van der Waals surface area (Å²) in [5.74, 6) is 2.45. The predicted molar refractivity (Wildman–Crippen MR) is 115 cm³/mol. The summed E-state index contributed by atoms with van der Waals surface area (Å²) in [5.41, 5.74) is 4.33. The molecule has 154 valence electrons. The van der Waals surface area contributed by atoms with Crippen LogP contribution in [-0.2, 0) is 19.4 Å². The molecule has 0 unspecified atom stereocenters. The molecule has 7 nitrogen and oxygen atoms in total. The standard InChI is InChI=1S/C23H26N6O/c1-16-25-21-4-2-3-19(21)23(26-16)28-13-9-17(10-14-28)15-29-22(30)6-5-20(27-29)18-7-11-24-12-8-18/h5-8,11-12,17H,2-4,9-10,13-15H2,1H3. The number of anilines is 1. The van der Waals surface area contributed by atoms with Gasteiger partial charge in [0.25, 0.3) is 5.56 Å². The average Bonchev–Trinajstić information content (AvgIpc) is 3.24. The Hall–Kier alpha value is -3.09. The van der Waals surface area contributed by atoms with Crippen molar-refractivity contribution in [1.29, 1.82) is 0 Å². The second-order valence-corrected chi connectivity index (χ2v) is 8.28. The molecule has 1 saturated heterocycles. The number of piperidine rings is 1. The number of pyridine rings is 1. The minimum absolute atomic E-state index is 0.0421. The van der Waals surface area contributed by atoms with Gasteiger partial charge in [0.05, 0.1) is 5.69 Å². The average molecular weight is 403 g/mol. The normalized spacial score (nSPS) is 16.6. The van der Waals surface area contributed by atoms with Crippen molar-refractivity contribution in [3.05, 3.63) is 64.1 Å². The number of hydrogen-bond acceptors (Lipinski definition) is 6. The van der Waals surface area contributed by atoms with Gasteiger partial charge in [-0.25, -0.2) is 14.6 Å². The monoisotopic (exact) mass is 402 g/mol. The molecule has 0 aromatic carbocycles. The first-order chi connectivity index (χ1) is 14.7. The van der Waals surface area contributed by atoms with Crippen LogP contribution in [0.25, 0.3) is 11.3 Å². The molecule has 3 aromatic heterocycles. The van der Waals surface area contributed by atoms with E-state index < -0.39 is 0 Å². The van der Waals surface area contributed by atoms with Crippen molar-refractivity contribution >= 4 is 5.82 Å². The van der Waals surface area contributed by atoms with Crippen LogP contribution in [0.2, 0.25) is 0 Å². The predicted octanol–water partition coefficient (Wildman–Crippen LogP) is 2.81. The molecule has 30 heavy (non-hydrogen) atoms. The highest BCUT2D eigenvalue weighted by Crippen LogP contribution is 2.31. The molecule has 0 radical (unpaired) electrons. The van der Waals surface area contributed by atoms with E-state index in [1.807, 2.05) is 19.1 Å². The number of fused-ring (bicyclic) bond motifs is 1. The molecule has 1 aliphatic heterocycles. The van der Waals surface area contributed by atoms with E-state index in [4.69, 9.17) is 4.98 Å². The first kappa shape index (κ1) is 18.9. The van der Waals surface area contributed by atoms with Gasteiger partial charge in [0, 0.05) is 54.9 Å². The highest BCUT2D eigenvalue weighted by Gasteiger charge is 2.26. The van der Waals surface area contributed by atoms with E-state index in [0.717, 1.165) is 61.7 Å². The van der Waals surface area contributed by atoms with Gasteiger partial charge in [-0.1, -0.05) is 0 Å². The maximum absolute atomic E-state index is 12.4. The Labute approximate surface area is 175 Å². The van der Waals surface area contributed by atoms with Gasteiger partial charge in [0.2, 0.25) is 0 Å². The van der Waals surface area contributed by atoms with Crippen molar-refractivity contribution in [2.45, 2.75) is 45.6 Å². The Kier molecular flexibility index (Phi) is 5.02. The van der Waals surface area contributed by atoms with Crippen LogP contribution in [-0.4, -0.2) is 37.8 Å². The minimum Gasteiger partial charge on any atom is -0.356 e. The Morgan fingerprint density at radius 1 is 1.03 bits per heavy atom. The maximum Gasteiger partial charge on any atom is 0.266 e. The van der Waals surface area contributed by atoms with Crippen LogP contribution >= 0.6 is 0 Å². The van der Waals surface area contributed by atoms with Crippen LogP contribution in [0.3, 0.4) is 0 Å². The summed E-state index contributed by atoms with van der Waals surface area (Å²) < 4.78 is 1.63. The summed E-state index contributed by atoms with van der Waals surface area (Å²) in [6, 6.07) is 7.23. The van der Waals surface area contributed by atoms with Crippen molar-refractivity contribution in [2.75, 3.05) is 18.0 Å². The van der Waals surface area contributed by atoms with E-state index in [1.165, 1.54) is 17.7 Å². The summed E-state index contributed by atoms with van der Waals surface area (Å²) in [5, 5.41) is 4.61. The topological polar surface area (TPSA) is 76.8 Å². The van der Waals surface area contributed by atoms with Gasteiger partial charge in [-0.2, -0.15) is 5.10 Å². The zero-order chi connectivity index (χ0) is 20.5. The van der Waals surface area contributed by atoms with Crippen molar-refractivity contribution in [1.82, 2.24) is 24.7 Å². The van der Waals surface area contributed by atoms with Gasteiger partial charge >= 0.3 is 0 Å². The smallest absolute Gasteiger partial charge is 0.266 e. The van der Waals surface area contributed by atoms with Crippen LogP contribution in [0.1, 0.15) is 36.3 Å². The first-order valence-corrected chi connectivity index (χ1v) is 10.8. The summed E-state index contributed by atoms with van der Waals surface area (Å²) in [6.45, 7) is 4.58. The number of aryl methyl sites for hydroxylation is 2. The molecule has 4 heterocycles. The molecule has 1 aliphatic carbocycles. The number of rotatable bonds is 4. The molecular weight excluding hydrogens is 376 g/mol. The van der Waals surface area contributed by atoms with Gasteiger partial charge in [-0.15, -0.1) is 0 Å². The van der Waals surface area contributed by atoms with E-state index in [1.54, 1.807) is 29.2 Å². The summed E-state index contributed by atoms with van der Waals surface area (Å²) in [4.78, 5) is 28.3. The van der Waals surface area contributed by atoms with Crippen molar-refractivity contribution < 1.29 is 0 Å². The van der Waals surface area contributed by atoms with E-state index in [9.17, 15) is 4.79 Å². The zero-order valence-electron chi connectivity index (χ0n) is 17.3. The van der Waals surface area contributed by atoms with E-state index in [2.05, 4.69) is 20.0 Å². The van der Waals surface area contributed by atoms with Gasteiger partial charge in [0.15, 0.2) is 0 Å². The molecule has 0 amide bonds. The highest BCUT2D eigenvalue weighted by atomic mass is 16.1. The third-order valence-corrected chi connectivity index (χ3v) is 6.21. The molecule has 1 fully saturated rings. The maximum atomic E-state index is 12.4. The van der Waals surface area contributed by atoms with Gasteiger partial charge in [0.1, 0.15) is 11.6 Å². The lowest BCUT2D eigenvalue weighted by Gasteiger charge is -2.34. The minimum atomic E-state index is -0.0421. The summed E-state index contributed by atoms with van der Waals surface area (Å²) in [6.07, 6.45) is 8.90. The molecule has 0 saturated carbocycles. The SMILES string of the molecule is Cc1nc2c(c(N3CCC(Cn4nc(-c5ccncc5)ccc4=O)CC3)n1)CCC2. The Bertz CT molecular complexity index is 1100. The Morgan fingerprint density at radius 2 is 1.83 bits per heavy atom. The molecule has 0 bridgehead atoms. The summed E-state index contributed by atoms with van der Waals surface area (Å²) >= 11 is 0. The van der Waals surface area contributed by atoms with E-state index >= 15 is 0 Å². The molecular formula is C23H26N6O. The zero-order valence-corrected chi connectivity index (χ0v) is 17.3. The molecule has 7 heteroatoms. The third-order valence-electron chi connectivity index (χ3n) is 6.21. The van der Waals surface area contributed by atoms with E-state index in [-0.39, 0.29) is 5.56 Å². The van der Waals surface area contributed by atoms with E-state index in [0.29, 0.717) is 12.5 Å². The van der Waals surface area contributed by atoms with Crippen molar-refractivity contribution in [2.24, 2.45) is 5.92 Å². The molecule has 2 aliphatic rings. The fourth-order valence-corrected chi connectivity index (χ4v) is 4.62. The second-order valence-electron chi connectivity index (χ2n) is 8.28. The molecule has 3 aromatic rings. The Balaban J connectivity index is 1.29. The van der Waals surface area contributed by atoms with Gasteiger partial charge < -0.3 is 4.90 Å². The lowest BCUT2D eigenvalue weighted by Crippen LogP contribution is -2.38. The lowest BCUT2D eigenvalue weighted by atomic mass is 9.96. The van der Waals surface area contributed by atoms with Crippen LogP contribution in [0, 0.1) is 12.8 Å². The van der Waals surface area contributed by atoms with Crippen LogP contribution in [0.4, 0.5) is 5.82 Å². The fraction of sp³-hybridized carbons (Fsp3) is 0.435. The summed E-state index contributed by atoms with van der Waals surface area (Å²) in [7, 11) is 0. The second kappa shape index (κ2) is 7.97. The van der Waals surface area contributed by atoms with Crippen LogP contribution < -0.4 is 10.5 Å². The third kappa shape index (κ3) is 3.72. The lowest BCUT2D eigenvalue weighted by molar-refractivity contribution is 0.334. The van der Waals surface area contributed by atoms with Gasteiger partial charge in [-0.05, 0) is 63.1 Å². The highest BCUT2D eigenvalue weighted by molar-refractivity contribution is 5.57. The van der Waals surface area contributed by atoms with Gasteiger partial charge in [-0.3, -0.25) is 9.78 Å². The molecule has 5 rings (SSSR count). The molecule has 0 atom stereocenters. The fourth-order valence-electron chi connectivity index (χ4n) is 4.62.